The van der Waals surface area contributed by atoms with Crippen molar-refractivity contribution in [2.45, 2.75) is 38.9 Å². The van der Waals surface area contributed by atoms with E-state index in [4.69, 9.17) is 4.43 Å². The first kappa shape index (κ1) is 11.5. The first-order valence-corrected chi connectivity index (χ1v) is 9.95. The Bertz CT molecular complexity index is 382. The van der Waals surface area contributed by atoms with Crippen LogP contribution >= 0.6 is 22.6 Å². The Morgan fingerprint density at radius 3 is 2.60 bits per heavy atom. The van der Waals surface area contributed by atoms with Gasteiger partial charge in [-0.05, 0) is 78.7 Å². The molecule has 82 valence electrons. The number of hydrogen-bond donors (Lipinski definition) is 0. The Morgan fingerprint density at radius 1 is 1.20 bits per heavy atom. The minimum absolute atomic E-state index is 1.11. The molecule has 1 aliphatic rings. The molecule has 0 bridgehead atoms. The molecule has 3 heteroatoms. The summed E-state index contributed by atoms with van der Waals surface area (Å²) >= 11 is 2.44. The summed E-state index contributed by atoms with van der Waals surface area (Å²) in [7, 11) is -1.47. The summed E-state index contributed by atoms with van der Waals surface area (Å²) in [5.74, 6) is 1.11. The van der Waals surface area contributed by atoms with Crippen LogP contribution in [0.1, 0.15) is 17.5 Å². The molecule has 0 heterocycles. The van der Waals surface area contributed by atoms with Crippen LogP contribution in [0, 0.1) is 3.57 Å². The molecule has 0 spiro atoms. The minimum atomic E-state index is -1.47. The van der Waals surface area contributed by atoms with Crippen molar-refractivity contribution in [3.8, 4) is 5.75 Å². The quantitative estimate of drug-likeness (QED) is 0.588. The average molecular weight is 332 g/mol. The molecular weight excluding hydrogens is 315 g/mol. The van der Waals surface area contributed by atoms with Gasteiger partial charge in [-0.1, -0.05) is 6.07 Å². The van der Waals surface area contributed by atoms with Gasteiger partial charge in [0.25, 0.3) is 0 Å². The number of benzene rings is 1. The van der Waals surface area contributed by atoms with Gasteiger partial charge in [0.05, 0.1) is 3.57 Å². The van der Waals surface area contributed by atoms with Crippen LogP contribution in [0.25, 0.3) is 0 Å². The van der Waals surface area contributed by atoms with Gasteiger partial charge >= 0.3 is 0 Å². The fourth-order valence-corrected chi connectivity index (χ4v) is 3.95. The number of hydrogen-bond acceptors (Lipinski definition) is 1. The van der Waals surface area contributed by atoms with Gasteiger partial charge in [0.2, 0.25) is 8.32 Å². The van der Waals surface area contributed by atoms with Crippen LogP contribution in [0.15, 0.2) is 12.1 Å². The van der Waals surface area contributed by atoms with Crippen molar-refractivity contribution >= 4 is 30.9 Å². The third-order valence-corrected chi connectivity index (χ3v) is 4.61. The molecule has 2 rings (SSSR count). The van der Waals surface area contributed by atoms with E-state index in [1.807, 2.05) is 0 Å². The van der Waals surface area contributed by atoms with Crippen LogP contribution in [0.2, 0.25) is 19.6 Å². The Labute approximate surface area is 106 Å². The highest BCUT2D eigenvalue weighted by molar-refractivity contribution is 14.1. The van der Waals surface area contributed by atoms with E-state index in [0.717, 1.165) is 5.75 Å². The minimum Gasteiger partial charge on any atom is -0.544 e. The number of aryl methyl sites for hydroxylation is 1. The molecule has 0 aromatic heterocycles. The maximum absolute atomic E-state index is 6.09. The van der Waals surface area contributed by atoms with Crippen LogP contribution in [0.4, 0.5) is 0 Å². The zero-order valence-corrected chi connectivity index (χ0v) is 12.7. The SMILES string of the molecule is C[Si](C)(C)Oc1ccc2c(c1I)CCC2. The van der Waals surface area contributed by atoms with Crippen LogP contribution in [-0.4, -0.2) is 8.32 Å². The molecule has 0 atom stereocenters. The van der Waals surface area contributed by atoms with Gasteiger partial charge in [-0.25, -0.2) is 0 Å². The second-order valence-electron chi connectivity index (χ2n) is 5.08. The van der Waals surface area contributed by atoms with E-state index in [0.29, 0.717) is 0 Å². The summed E-state index contributed by atoms with van der Waals surface area (Å²) < 4.78 is 7.44. The van der Waals surface area contributed by atoms with Crippen LogP contribution in [-0.2, 0) is 12.8 Å². The molecule has 1 aromatic carbocycles. The van der Waals surface area contributed by atoms with Crippen molar-refractivity contribution in [2.75, 3.05) is 0 Å². The van der Waals surface area contributed by atoms with Crippen LogP contribution < -0.4 is 4.43 Å². The molecule has 1 aromatic rings. The van der Waals surface area contributed by atoms with Gasteiger partial charge in [0.1, 0.15) is 5.75 Å². The van der Waals surface area contributed by atoms with Crippen molar-refractivity contribution in [2.24, 2.45) is 0 Å². The fraction of sp³-hybridized carbons (Fsp3) is 0.500. The standard InChI is InChI=1S/C12H17IOSi/c1-15(2,3)14-11-8-7-9-5-4-6-10(9)12(11)13/h7-8H,4-6H2,1-3H3. The van der Waals surface area contributed by atoms with E-state index >= 15 is 0 Å². The molecule has 0 unspecified atom stereocenters. The molecule has 0 N–H and O–H groups in total. The maximum Gasteiger partial charge on any atom is 0.242 e. The van der Waals surface area contributed by atoms with E-state index in [9.17, 15) is 0 Å². The van der Waals surface area contributed by atoms with Crippen LogP contribution in [0.3, 0.4) is 0 Å². The highest BCUT2D eigenvalue weighted by atomic mass is 127. The first-order chi connectivity index (χ1) is 6.97. The number of fused-ring (bicyclic) bond motifs is 1. The largest absolute Gasteiger partial charge is 0.544 e. The zero-order chi connectivity index (χ0) is 11.1. The first-order valence-electron chi connectivity index (χ1n) is 5.47. The second-order valence-corrected chi connectivity index (χ2v) is 10.6. The number of rotatable bonds is 2. The molecule has 0 amide bonds. The normalized spacial score (nSPS) is 15.2. The fourth-order valence-electron chi connectivity index (χ4n) is 2.01. The topological polar surface area (TPSA) is 9.23 Å². The Hall–Kier alpha value is -0.0331. The Kier molecular flexibility index (Phi) is 3.12. The van der Waals surface area contributed by atoms with Gasteiger partial charge in [-0.2, -0.15) is 0 Å². The number of halogens is 1. The molecular formula is C12H17IOSi. The smallest absolute Gasteiger partial charge is 0.242 e. The highest BCUT2D eigenvalue weighted by Gasteiger charge is 2.21. The summed E-state index contributed by atoms with van der Waals surface area (Å²) in [6.45, 7) is 6.70. The predicted molar refractivity (Wildman–Crippen MR) is 75.2 cm³/mol. The zero-order valence-electron chi connectivity index (χ0n) is 9.56. The molecule has 0 aliphatic heterocycles. The van der Waals surface area contributed by atoms with Crippen molar-refractivity contribution in [3.63, 3.8) is 0 Å². The lowest BCUT2D eigenvalue weighted by Gasteiger charge is -2.21. The lowest BCUT2D eigenvalue weighted by Crippen LogP contribution is -2.29. The lowest BCUT2D eigenvalue weighted by atomic mass is 10.1. The Balaban J connectivity index is 2.34. The van der Waals surface area contributed by atoms with Crippen molar-refractivity contribution in [1.82, 2.24) is 0 Å². The lowest BCUT2D eigenvalue weighted by molar-refractivity contribution is 0.552. The molecule has 0 saturated heterocycles. The van der Waals surface area contributed by atoms with Gasteiger partial charge in [0.15, 0.2) is 0 Å². The van der Waals surface area contributed by atoms with E-state index in [1.165, 1.54) is 34.0 Å². The third-order valence-electron chi connectivity index (χ3n) is 2.59. The predicted octanol–water partition coefficient (Wildman–Crippen LogP) is 3.99. The van der Waals surface area contributed by atoms with Gasteiger partial charge in [-0.15, -0.1) is 0 Å². The molecule has 1 nitrogen and oxygen atoms in total. The summed E-state index contributed by atoms with van der Waals surface area (Å²) in [6, 6.07) is 4.41. The molecule has 0 fully saturated rings. The highest BCUT2D eigenvalue weighted by Crippen LogP contribution is 2.33. The van der Waals surface area contributed by atoms with E-state index < -0.39 is 8.32 Å². The van der Waals surface area contributed by atoms with Crippen molar-refractivity contribution in [1.29, 1.82) is 0 Å². The van der Waals surface area contributed by atoms with E-state index in [2.05, 4.69) is 54.4 Å². The second kappa shape index (κ2) is 4.09. The van der Waals surface area contributed by atoms with E-state index in [1.54, 1.807) is 0 Å². The summed E-state index contributed by atoms with van der Waals surface area (Å²) in [4.78, 5) is 0. The molecule has 15 heavy (non-hydrogen) atoms. The summed E-state index contributed by atoms with van der Waals surface area (Å²) in [5, 5.41) is 0. The third kappa shape index (κ3) is 2.56. The Morgan fingerprint density at radius 2 is 1.93 bits per heavy atom. The summed E-state index contributed by atoms with van der Waals surface area (Å²) in [6.07, 6.45) is 3.79. The van der Waals surface area contributed by atoms with Crippen molar-refractivity contribution in [3.05, 3.63) is 26.8 Å². The molecule has 0 radical (unpaired) electrons. The van der Waals surface area contributed by atoms with Gasteiger partial charge in [0, 0.05) is 0 Å². The summed E-state index contributed by atoms with van der Waals surface area (Å²) in [5.41, 5.74) is 3.06. The molecule has 1 aliphatic carbocycles. The van der Waals surface area contributed by atoms with Crippen LogP contribution in [0.5, 0.6) is 5.75 Å². The molecule has 0 saturated carbocycles. The average Bonchev–Trinajstić information content (AvgIpc) is 2.56. The maximum atomic E-state index is 6.09. The monoisotopic (exact) mass is 332 g/mol. The van der Waals surface area contributed by atoms with Gasteiger partial charge < -0.3 is 4.43 Å². The van der Waals surface area contributed by atoms with Crippen molar-refractivity contribution < 1.29 is 4.43 Å². The van der Waals surface area contributed by atoms with Gasteiger partial charge in [-0.3, -0.25) is 0 Å². The van der Waals surface area contributed by atoms with E-state index in [-0.39, 0.29) is 0 Å².